The number of carboxylic acids is 1. The molecule has 0 aliphatic carbocycles. The van der Waals surface area contributed by atoms with Crippen molar-refractivity contribution in [3.8, 4) is 0 Å². The summed E-state index contributed by atoms with van der Waals surface area (Å²) < 4.78 is 44.2. The lowest BCUT2D eigenvalue weighted by Crippen LogP contribution is -2.49. The van der Waals surface area contributed by atoms with Gasteiger partial charge in [0.25, 0.3) is 0 Å². The fourth-order valence-electron chi connectivity index (χ4n) is 2.08. The number of rotatable bonds is 4. The monoisotopic (exact) mass is 303 g/mol. The van der Waals surface area contributed by atoms with Crippen LogP contribution in [0.1, 0.15) is 6.42 Å². The molecular weight excluding hydrogens is 289 g/mol. The van der Waals surface area contributed by atoms with Crippen LogP contribution in [-0.4, -0.2) is 49.6 Å². The molecule has 1 N–H and O–H groups in total. The van der Waals surface area contributed by atoms with E-state index in [9.17, 15) is 17.6 Å². The van der Waals surface area contributed by atoms with E-state index in [0.717, 1.165) is 16.4 Å². The van der Waals surface area contributed by atoms with Gasteiger partial charge >= 0.3 is 5.97 Å². The van der Waals surface area contributed by atoms with Crippen molar-refractivity contribution in [1.29, 1.82) is 0 Å². The molecular formula is C12H14FNO5S. The topological polar surface area (TPSA) is 83.9 Å². The number of sulfonamides is 1. The highest BCUT2D eigenvalue weighted by atomic mass is 32.2. The molecule has 1 unspecified atom stereocenters. The summed E-state index contributed by atoms with van der Waals surface area (Å²) in [4.78, 5) is 10.6. The first-order chi connectivity index (χ1) is 9.41. The van der Waals surface area contributed by atoms with E-state index in [1.807, 2.05) is 0 Å². The molecule has 1 aliphatic heterocycles. The number of benzene rings is 1. The molecule has 1 heterocycles. The highest BCUT2D eigenvalue weighted by molar-refractivity contribution is 7.89. The van der Waals surface area contributed by atoms with E-state index < -0.39 is 27.9 Å². The van der Waals surface area contributed by atoms with Crippen molar-refractivity contribution in [2.75, 3.05) is 19.8 Å². The summed E-state index contributed by atoms with van der Waals surface area (Å²) in [5, 5.41) is 8.83. The lowest BCUT2D eigenvalue weighted by Gasteiger charge is -2.33. The van der Waals surface area contributed by atoms with Crippen molar-refractivity contribution in [1.82, 2.24) is 4.31 Å². The molecule has 6 nitrogen and oxygen atoms in total. The van der Waals surface area contributed by atoms with E-state index in [4.69, 9.17) is 9.84 Å². The van der Waals surface area contributed by atoms with Crippen molar-refractivity contribution in [2.45, 2.75) is 17.4 Å². The van der Waals surface area contributed by atoms with Crippen LogP contribution >= 0.6 is 0 Å². The van der Waals surface area contributed by atoms with Crippen LogP contribution in [0.3, 0.4) is 0 Å². The zero-order valence-electron chi connectivity index (χ0n) is 10.5. The second-order valence-corrected chi connectivity index (χ2v) is 6.29. The van der Waals surface area contributed by atoms with Crippen LogP contribution in [0, 0.1) is 5.82 Å². The number of ether oxygens (including phenoxy) is 1. The predicted octanol–water partition coefficient (Wildman–Crippen LogP) is 0.690. The molecule has 1 aromatic carbocycles. The Labute approximate surface area is 115 Å². The van der Waals surface area contributed by atoms with Gasteiger partial charge in [0.05, 0.1) is 30.6 Å². The predicted molar refractivity (Wildman–Crippen MR) is 67.2 cm³/mol. The number of aliphatic carboxylic acids is 1. The van der Waals surface area contributed by atoms with Gasteiger partial charge in [0, 0.05) is 6.54 Å². The Morgan fingerprint density at radius 1 is 1.50 bits per heavy atom. The van der Waals surface area contributed by atoms with Gasteiger partial charge in [-0.1, -0.05) is 6.07 Å². The SMILES string of the molecule is O=C(O)CC1COCCN1S(=O)(=O)c1cccc(F)c1. The van der Waals surface area contributed by atoms with E-state index in [1.165, 1.54) is 12.1 Å². The maximum Gasteiger partial charge on any atom is 0.305 e. The number of carboxylic acid groups (broad SMARTS) is 1. The molecule has 2 rings (SSSR count). The quantitative estimate of drug-likeness (QED) is 0.884. The Hall–Kier alpha value is -1.51. The Morgan fingerprint density at radius 3 is 2.90 bits per heavy atom. The molecule has 0 spiro atoms. The van der Waals surface area contributed by atoms with Crippen LogP contribution in [0.15, 0.2) is 29.2 Å². The molecule has 8 heteroatoms. The average molecular weight is 303 g/mol. The van der Waals surface area contributed by atoms with Gasteiger partial charge in [-0.2, -0.15) is 4.31 Å². The van der Waals surface area contributed by atoms with Crippen LogP contribution in [0.2, 0.25) is 0 Å². The zero-order chi connectivity index (χ0) is 14.8. The Bertz CT molecular complexity index is 604. The molecule has 20 heavy (non-hydrogen) atoms. The van der Waals surface area contributed by atoms with Gasteiger partial charge in [-0.15, -0.1) is 0 Å². The van der Waals surface area contributed by atoms with Crippen molar-refractivity contribution in [2.24, 2.45) is 0 Å². The number of nitrogens with zero attached hydrogens (tertiary/aromatic N) is 1. The fourth-order valence-corrected chi connectivity index (χ4v) is 3.71. The molecule has 1 aromatic rings. The molecule has 0 radical (unpaired) electrons. The molecule has 1 saturated heterocycles. The molecule has 1 atom stereocenters. The fraction of sp³-hybridized carbons (Fsp3) is 0.417. The van der Waals surface area contributed by atoms with E-state index in [1.54, 1.807) is 0 Å². The third-order valence-corrected chi connectivity index (χ3v) is 4.93. The summed E-state index contributed by atoms with van der Waals surface area (Å²) in [6.07, 6.45) is -0.353. The van der Waals surface area contributed by atoms with Gasteiger partial charge in [-0.3, -0.25) is 4.79 Å². The zero-order valence-corrected chi connectivity index (χ0v) is 11.3. The average Bonchev–Trinajstić information content (AvgIpc) is 2.38. The van der Waals surface area contributed by atoms with Gasteiger partial charge < -0.3 is 9.84 Å². The Balaban J connectivity index is 2.33. The largest absolute Gasteiger partial charge is 0.481 e. The molecule has 0 saturated carbocycles. The van der Waals surface area contributed by atoms with E-state index in [-0.39, 0.29) is 31.1 Å². The highest BCUT2D eigenvalue weighted by Crippen LogP contribution is 2.22. The number of halogens is 1. The maximum atomic E-state index is 13.2. The minimum absolute atomic E-state index is 0.0147. The third-order valence-electron chi connectivity index (χ3n) is 2.99. The number of hydrogen-bond acceptors (Lipinski definition) is 4. The minimum atomic E-state index is -3.93. The third kappa shape index (κ3) is 3.14. The number of morpholine rings is 1. The van der Waals surface area contributed by atoms with E-state index in [0.29, 0.717) is 0 Å². The summed E-state index contributed by atoms with van der Waals surface area (Å²) in [6.45, 7) is 0.252. The summed E-state index contributed by atoms with van der Waals surface area (Å²) in [5.74, 6) is -1.77. The van der Waals surface area contributed by atoms with Gasteiger partial charge in [-0.25, -0.2) is 12.8 Å². The van der Waals surface area contributed by atoms with Gasteiger partial charge in [0.1, 0.15) is 5.82 Å². The molecule has 0 aromatic heterocycles. The maximum absolute atomic E-state index is 13.2. The van der Waals surface area contributed by atoms with Crippen LogP contribution < -0.4 is 0 Å². The molecule has 110 valence electrons. The van der Waals surface area contributed by atoms with Crippen LogP contribution in [0.5, 0.6) is 0 Å². The second kappa shape index (κ2) is 5.86. The lowest BCUT2D eigenvalue weighted by atomic mass is 10.2. The van der Waals surface area contributed by atoms with Crippen molar-refractivity contribution in [3.05, 3.63) is 30.1 Å². The molecule has 1 aliphatic rings. The van der Waals surface area contributed by atoms with E-state index in [2.05, 4.69) is 0 Å². The first kappa shape index (κ1) is 14.9. The van der Waals surface area contributed by atoms with Gasteiger partial charge in [0.15, 0.2) is 0 Å². The highest BCUT2D eigenvalue weighted by Gasteiger charge is 2.35. The summed E-state index contributed by atoms with van der Waals surface area (Å²) >= 11 is 0. The summed E-state index contributed by atoms with van der Waals surface area (Å²) in [7, 11) is -3.93. The Morgan fingerprint density at radius 2 is 2.25 bits per heavy atom. The number of hydrogen-bond donors (Lipinski definition) is 1. The van der Waals surface area contributed by atoms with Crippen LogP contribution in [-0.2, 0) is 19.6 Å². The second-order valence-electron chi connectivity index (χ2n) is 4.40. The van der Waals surface area contributed by atoms with E-state index >= 15 is 0 Å². The van der Waals surface area contributed by atoms with Gasteiger partial charge in [-0.05, 0) is 18.2 Å². The van der Waals surface area contributed by atoms with Gasteiger partial charge in [0.2, 0.25) is 10.0 Å². The van der Waals surface area contributed by atoms with Crippen LogP contribution in [0.25, 0.3) is 0 Å². The van der Waals surface area contributed by atoms with Crippen molar-refractivity contribution < 1.29 is 27.4 Å². The smallest absolute Gasteiger partial charge is 0.305 e. The minimum Gasteiger partial charge on any atom is -0.481 e. The standard InChI is InChI=1S/C12H14FNO5S/c13-9-2-1-3-11(6-9)20(17,18)14-4-5-19-8-10(14)7-12(15)16/h1-3,6,10H,4-5,7-8H2,(H,15,16). The first-order valence-electron chi connectivity index (χ1n) is 5.98. The van der Waals surface area contributed by atoms with Crippen LogP contribution in [0.4, 0.5) is 4.39 Å². The van der Waals surface area contributed by atoms with Crippen molar-refractivity contribution >= 4 is 16.0 Å². The molecule has 0 amide bonds. The van der Waals surface area contributed by atoms with Crippen molar-refractivity contribution in [3.63, 3.8) is 0 Å². The number of carbonyl (C=O) groups is 1. The summed E-state index contributed by atoms with van der Waals surface area (Å²) in [6, 6.07) is 3.87. The lowest BCUT2D eigenvalue weighted by molar-refractivity contribution is -0.139. The first-order valence-corrected chi connectivity index (χ1v) is 7.42. The normalized spacial score (nSPS) is 20.8. The molecule has 1 fully saturated rings. The summed E-state index contributed by atoms with van der Waals surface area (Å²) in [5.41, 5.74) is 0. The molecule has 0 bridgehead atoms. The Kier molecular flexibility index (Phi) is 4.36.